The number of aromatic nitrogens is 2. The lowest BCUT2D eigenvalue weighted by atomic mass is 9.95. The largest absolute Gasteiger partial charge is 0.352 e. The maximum atomic E-state index is 12.9. The van der Waals surface area contributed by atoms with E-state index in [1.54, 1.807) is 0 Å². The molecule has 1 N–H and O–H groups in total. The van der Waals surface area contributed by atoms with E-state index in [-0.39, 0.29) is 11.8 Å². The minimum Gasteiger partial charge on any atom is -0.352 e. The van der Waals surface area contributed by atoms with E-state index in [4.69, 9.17) is 16.1 Å². The normalized spacial score (nSPS) is 18.2. The van der Waals surface area contributed by atoms with Gasteiger partial charge in [-0.15, -0.1) is 0 Å². The van der Waals surface area contributed by atoms with E-state index in [0.29, 0.717) is 29.8 Å². The van der Waals surface area contributed by atoms with Gasteiger partial charge in [0, 0.05) is 24.6 Å². The van der Waals surface area contributed by atoms with Gasteiger partial charge in [0.15, 0.2) is 0 Å². The summed E-state index contributed by atoms with van der Waals surface area (Å²) >= 11 is 6.25. The third-order valence-electron chi connectivity index (χ3n) is 7.64. The number of hydrogen-bond donors (Lipinski definition) is 1. The van der Waals surface area contributed by atoms with Crippen molar-refractivity contribution in [1.82, 2.24) is 25.3 Å². The monoisotopic (exact) mass is 521 g/mol. The van der Waals surface area contributed by atoms with Crippen LogP contribution < -0.4 is 5.32 Å². The number of carbonyl (C=O) groups is 1. The Morgan fingerprint density at radius 2 is 1.68 bits per heavy atom. The molecule has 7 nitrogen and oxygen atoms in total. The molecule has 0 bridgehead atoms. The second-order valence-electron chi connectivity index (χ2n) is 10.5. The van der Waals surface area contributed by atoms with Crippen molar-refractivity contribution in [3.8, 4) is 11.4 Å². The molecule has 0 spiro atoms. The average Bonchev–Trinajstić information content (AvgIpc) is 3.38. The molecule has 2 aliphatic rings. The molecule has 0 aliphatic carbocycles. The van der Waals surface area contributed by atoms with Crippen molar-refractivity contribution in [2.45, 2.75) is 52.2 Å². The molecule has 5 rings (SSSR count). The first-order valence-corrected chi connectivity index (χ1v) is 13.8. The van der Waals surface area contributed by atoms with Crippen molar-refractivity contribution >= 4 is 17.5 Å². The van der Waals surface area contributed by atoms with Gasteiger partial charge >= 0.3 is 0 Å². The Morgan fingerprint density at radius 1 is 0.973 bits per heavy atom. The van der Waals surface area contributed by atoms with E-state index >= 15 is 0 Å². The SMILES string of the molecule is CC1CCN(Cc2cccc(CNC(=O)C3CCN(Cc4nc(-c5ccccc5Cl)no4)CC3)c2)CC1. The highest BCUT2D eigenvalue weighted by Crippen LogP contribution is 2.26. The highest BCUT2D eigenvalue weighted by atomic mass is 35.5. The van der Waals surface area contributed by atoms with Gasteiger partial charge in [-0.05, 0) is 81.0 Å². The number of likely N-dealkylation sites (tertiary alicyclic amines) is 2. The standard InChI is InChI=1S/C29H36ClN5O2/c1-21-9-13-34(14-10-21)19-23-6-4-5-22(17-23)18-31-29(36)24-11-15-35(16-12-24)20-27-32-28(33-37-27)25-7-2-3-8-26(25)30/h2-8,17,21,24H,9-16,18-20H2,1H3,(H,31,36). The van der Waals surface area contributed by atoms with Crippen LogP contribution in [0.1, 0.15) is 49.6 Å². The number of carbonyl (C=O) groups excluding carboxylic acids is 1. The van der Waals surface area contributed by atoms with Crippen LogP contribution in [0.3, 0.4) is 0 Å². The fourth-order valence-electron chi connectivity index (χ4n) is 5.27. The molecule has 0 radical (unpaired) electrons. The van der Waals surface area contributed by atoms with Gasteiger partial charge in [0.2, 0.25) is 17.6 Å². The highest BCUT2D eigenvalue weighted by Gasteiger charge is 2.26. The van der Waals surface area contributed by atoms with Crippen LogP contribution >= 0.6 is 11.6 Å². The third-order valence-corrected chi connectivity index (χ3v) is 7.97. The predicted octanol–water partition coefficient (Wildman–Crippen LogP) is 5.15. The maximum absolute atomic E-state index is 12.9. The third kappa shape index (κ3) is 6.98. The van der Waals surface area contributed by atoms with Crippen LogP contribution in [0.4, 0.5) is 0 Å². The maximum Gasteiger partial charge on any atom is 0.241 e. The quantitative estimate of drug-likeness (QED) is 0.442. The lowest BCUT2D eigenvalue weighted by Gasteiger charge is -2.30. The summed E-state index contributed by atoms with van der Waals surface area (Å²) in [5.74, 6) is 2.10. The number of rotatable bonds is 8. The second kappa shape index (κ2) is 12.2. The van der Waals surface area contributed by atoms with Crippen LogP contribution in [0.15, 0.2) is 53.1 Å². The Morgan fingerprint density at radius 3 is 2.46 bits per heavy atom. The zero-order valence-electron chi connectivity index (χ0n) is 21.5. The zero-order valence-corrected chi connectivity index (χ0v) is 22.3. The molecule has 8 heteroatoms. The molecule has 196 valence electrons. The van der Waals surface area contributed by atoms with Crippen LogP contribution in [0.2, 0.25) is 5.02 Å². The summed E-state index contributed by atoms with van der Waals surface area (Å²) in [5, 5.41) is 7.86. The molecule has 1 aromatic heterocycles. The van der Waals surface area contributed by atoms with Gasteiger partial charge < -0.3 is 9.84 Å². The molecule has 0 saturated carbocycles. The van der Waals surface area contributed by atoms with E-state index in [1.807, 2.05) is 24.3 Å². The second-order valence-corrected chi connectivity index (χ2v) is 10.9. The van der Waals surface area contributed by atoms with Gasteiger partial charge in [0.05, 0.1) is 11.6 Å². The van der Waals surface area contributed by atoms with Gasteiger partial charge in [-0.25, -0.2) is 0 Å². The predicted molar refractivity (Wildman–Crippen MR) is 145 cm³/mol. The number of piperidine rings is 2. The fraction of sp³-hybridized carbons (Fsp3) is 0.483. The number of hydrogen-bond acceptors (Lipinski definition) is 6. The molecule has 0 unspecified atom stereocenters. The first kappa shape index (κ1) is 25.9. The van der Waals surface area contributed by atoms with Crippen molar-refractivity contribution in [2.75, 3.05) is 26.2 Å². The number of benzene rings is 2. The molecule has 3 heterocycles. The minimum atomic E-state index is 0.0381. The number of nitrogens with one attached hydrogen (secondary N) is 1. The summed E-state index contributed by atoms with van der Waals surface area (Å²) in [6.45, 7) is 8.50. The van der Waals surface area contributed by atoms with E-state index in [9.17, 15) is 4.79 Å². The van der Waals surface area contributed by atoms with Gasteiger partial charge in [-0.2, -0.15) is 4.98 Å². The Hall–Kier alpha value is -2.74. The molecule has 3 aromatic rings. The minimum absolute atomic E-state index is 0.0381. The van der Waals surface area contributed by atoms with Crippen molar-refractivity contribution in [2.24, 2.45) is 11.8 Å². The van der Waals surface area contributed by atoms with Gasteiger partial charge in [0.1, 0.15) is 0 Å². The zero-order chi connectivity index (χ0) is 25.6. The summed E-state index contributed by atoms with van der Waals surface area (Å²) in [6, 6.07) is 16.1. The van der Waals surface area contributed by atoms with Crippen molar-refractivity contribution in [3.05, 3.63) is 70.6 Å². The lowest BCUT2D eigenvalue weighted by Crippen LogP contribution is -2.40. The lowest BCUT2D eigenvalue weighted by molar-refractivity contribution is -0.126. The number of halogens is 1. The van der Waals surface area contributed by atoms with Crippen LogP contribution in [0.5, 0.6) is 0 Å². The van der Waals surface area contributed by atoms with Crippen LogP contribution in [0.25, 0.3) is 11.4 Å². The van der Waals surface area contributed by atoms with Gasteiger partial charge in [-0.3, -0.25) is 14.6 Å². The molecule has 2 aromatic carbocycles. The van der Waals surface area contributed by atoms with Gasteiger partial charge in [-0.1, -0.05) is 60.1 Å². The van der Waals surface area contributed by atoms with E-state index in [1.165, 1.54) is 37.1 Å². The summed E-state index contributed by atoms with van der Waals surface area (Å²) in [7, 11) is 0. The van der Waals surface area contributed by atoms with Gasteiger partial charge in [0.25, 0.3) is 0 Å². The van der Waals surface area contributed by atoms with Crippen LogP contribution in [-0.2, 0) is 24.4 Å². The van der Waals surface area contributed by atoms with Crippen molar-refractivity contribution in [3.63, 3.8) is 0 Å². The Labute approximate surface area is 224 Å². The summed E-state index contributed by atoms with van der Waals surface area (Å²) < 4.78 is 5.46. The van der Waals surface area contributed by atoms with Crippen LogP contribution in [0, 0.1) is 11.8 Å². The Kier molecular flexibility index (Phi) is 8.54. The molecule has 2 aliphatic heterocycles. The smallest absolute Gasteiger partial charge is 0.241 e. The molecule has 37 heavy (non-hydrogen) atoms. The molecular weight excluding hydrogens is 486 g/mol. The van der Waals surface area contributed by atoms with Crippen molar-refractivity contribution < 1.29 is 9.32 Å². The van der Waals surface area contributed by atoms with E-state index < -0.39 is 0 Å². The first-order chi connectivity index (χ1) is 18.0. The number of nitrogens with zero attached hydrogens (tertiary/aromatic N) is 4. The molecular formula is C29H36ClN5O2. The molecule has 2 fully saturated rings. The first-order valence-electron chi connectivity index (χ1n) is 13.4. The fourth-order valence-corrected chi connectivity index (χ4v) is 5.49. The van der Waals surface area contributed by atoms with E-state index in [2.05, 4.69) is 56.4 Å². The van der Waals surface area contributed by atoms with E-state index in [0.717, 1.165) is 44.0 Å². The molecule has 2 saturated heterocycles. The van der Waals surface area contributed by atoms with Crippen LogP contribution in [-0.4, -0.2) is 52.0 Å². The topological polar surface area (TPSA) is 74.5 Å². The molecule has 0 atom stereocenters. The van der Waals surface area contributed by atoms with Crippen molar-refractivity contribution in [1.29, 1.82) is 0 Å². The number of amides is 1. The average molecular weight is 522 g/mol. The Bertz CT molecular complexity index is 1180. The molecule has 1 amide bonds. The highest BCUT2D eigenvalue weighted by molar-refractivity contribution is 6.33. The summed E-state index contributed by atoms with van der Waals surface area (Å²) in [6.07, 6.45) is 4.22. The summed E-state index contributed by atoms with van der Waals surface area (Å²) in [5.41, 5.74) is 3.26. The summed E-state index contributed by atoms with van der Waals surface area (Å²) in [4.78, 5) is 22.2. The Balaban J connectivity index is 1.06.